The number of rotatable bonds is 6. The van der Waals surface area contributed by atoms with Crippen LogP contribution in [0, 0.1) is 0 Å². The van der Waals surface area contributed by atoms with Gasteiger partial charge in [0.05, 0.1) is 7.11 Å². The van der Waals surface area contributed by atoms with Crippen molar-refractivity contribution >= 4 is 44.7 Å². The van der Waals surface area contributed by atoms with Gasteiger partial charge in [0.25, 0.3) is 0 Å². The van der Waals surface area contributed by atoms with Crippen LogP contribution in [-0.4, -0.2) is 33.4 Å². The second-order valence-electron chi connectivity index (χ2n) is 8.16. The number of ether oxygens (including phenoxy) is 3. The predicted molar refractivity (Wildman–Crippen MR) is 128 cm³/mol. The SMILES string of the molecule is COc1ccc(C2(Cn3c(Sc4cc5c(cc4Br)OCO5)nc4c(N)ncnc43)CC2)cc1. The van der Waals surface area contributed by atoms with Gasteiger partial charge in [-0.2, -0.15) is 0 Å². The normalized spacial score (nSPS) is 15.7. The van der Waals surface area contributed by atoms with Crippen LogP contribution in [0.1, 0.15) is 18.4 Å². The Hall–Kier alpha value is -2.98. The molecule has 2 aliphatic rings. The quantitative estimate of drug-likeness (QED) is 0.383. The molecule has 0 saturated heterocycles. The highest BCUT2D eigenvalue weighted by atomic mass is 79.9. The molecule has 1 saturated carbocycles. The van der Waals surface area contributed by atoms with E-state index in [1.807, 2.05) is 24.3 Å². The van der Waals surface area contributed by atoms with Crippen molar-refractivity contribution in [3.05, 3.63) is 52.8 Å². The molecule has 3 heterocycles. The van der Waals surface area contributed by atoms with Gasteiger partial charge >= 0.3 is 0 Å². The number of halogens is 1. The first-order valence-corrected chi connectivity index (χ1v) is 12.1. The zero-order valence-electron chi connectivity index (χ0n) is 17.7. The number of benzene rings is 2. The number of hydrogen-bond donors (Lipinski definition) is 1. The van der Waals surface area contributed by atoms with Crippen LogP contribution < -0.4 is 19.9 Å². The number of anilines is 1. The molecule has 0 bridgehead atoms. The zero-order chi connectivity index (χ0) is 22.6. The smallest absolute Gasteiger partial charge is 0.231 e. The van der Waals surface area contributed by atoms with E-state index in [1.54, 1.807) is 7.11 Å². The molecule has 6 rings (SSSR count). The van der Waals surface area contributed by atoms with Gasteiger partial charge in [0, 0.05) is 21.3 Å². The highest BCUT2D eigenvalue weighted by Gasteiger charge is 2.45. The molecule has 0 atom stereocenters. The van der Waals surface area contributed by atoms with Crippen molar-refractivity contribution in [2.75, 3.05) is 19.6 Å². The first-order chi connectivity index (χ1) is 16.1. The van der Waals surface area contributed by atoms with Crippen LogP contribution in [0.25, 0.3) is 11.2 Å². The molecule has 4 aromatic rings. The predicted octanol–water partition coefficient (Wildman–Crippen LogP) is 4.79. The van der Waals surface area contributed by atoms with Crippen molar-refractivity contribution in [1.82, 2.24) is 19.5 Å². The number of imidazole rings is 1. The van der Waals surface area contributed by atoms with E-state index >= 15 is 0 Å². The van der Waals surface area contributed by atoms with E-state index in [4.69, 9.17) is 24.9 Å². The van der Waals surface area contributed by atoms with Crippen LogP contribution in [0.2, 0.25) is 0 Å². The molecular formula is C23H20BrN5O3S. The minimum atomic E-state index is 0.0288. The fraction of sp³-hybridized carbons (Fsp3) is 0.261. The molecule has 33 heavy (non-hydrogen) atoms. The van der Waals surface area contributed by atoms with Gasteiger partial charge in [0.1, 0.15) is 12.1 Å². The molecule has 2 aromatic heterocycles. The Morgan fingerprint density at radius 3 is 2.64 bits per heavy atom. The summed E-state index contributed by atoms with van der Waals surface area (Å²) in [6.07, 6.45) is 3.68. The lowest BCUT2D eigenvalue weighted by Crippen LogP contribution is -2.17. The summed E-state index contributed by atoms with van der Waals surface area (Å²) in [5.41, 5.74) is 8.83. The van der Waals surface area contributed by atoms with E-state index in [2.05, 4.69) is 42.6 Å². The Balaban J connectivity index is 1.41. The zero-order valence-corrected chi connectivity index (χ0v) is 20.1. The summed E-state index contributed by atoms with van der Waals surface area (Å²) in [5.74, 6) is 2.68. The molecule has 10 heteroatoms. The summed E-state index contributed by atoms with van der Waals surface area (Å²) in [4.78, 5) is 14.5. The monoisotopic (exact) mass is 525 g/mol. The number of hydrogen-bond acceptors (Lipinski definition) is 8. The Morgan fingerprint density at radius 1 is 1.15 bits per heavy atom. The lowest BCUT2D eigenvalue weighted by Gasteiger charge is -2.19. The van der Waals surface area contributed by atoms with E-state index in [0.717, 1.165) is 56.8 Å². The molecule has 2 aromatic carbocycles. The Kier molecular flexibility index (Phi) is 4.88. The third-order valence-corrected chi connectivity index (χ3v) is 8.14. The Morgan fingerprint density at radius 2 is 1.91 bits per heavy atom. The summed E-state index contributed by atoms with van der Waals surface area (Å²) < 4.78 is 19.5. The van der Waals surface area contributed by atoms with Crippen LogP contribution in [0.15, 0.2) is 57.3 Å². The summed E-state index contributed by atoms with van der Waals surface area (Å²) in [7, 11) is 1.68. The Bertz CT molecular complexity index is 1370. The van der Waals surface area contributed by atoms with Crippen LogP contribution in [-0.2, 0) is 12.0 Å². The van der Waals surface area contributed by atoms with E-state index in [9.17, 15) is 0 Å². The molecule has 1 aliphatic heterocycles. The number of fused-ring (bicyclic) bond motifs is 2. The molecule has 1 fully saturated rings. The van der Waals surface area contributed by atoms with E-state index < -0.39 is 0 Å². The molecule has 8 nitrogen and oxygen atoms in total. The third-order valence-electron chi connectivity index (χ3n) is 6.17. The standard InChI is InChI=1S/C23H20BrN5O3S/c1-30-14-4-2-13(3-5-14)23(6-7-23)10-29-21-19(20(25)26-11-27-21)28-22(29)33-18-9-17-16(8-15(18)24)31-12-32-17/h2-5,8-9,11H,6-7,10,12H2,1H3,(H2,25,26,27). The van der Waals surface area contributed by atoms with Crippen molar-refractivity contribution in [3.63, 3.8) is 0 Å². The number of nitrogen functional groups attached to an aromatic ring is 1. The highest BCUT2D eigenvalue weighted by molar-refractivity contribution is 9.10. The maximum atomic E-state index is 6.16. The van der Waals surface area contributed by atoms with Crippen molar-refractivity contribution in [2.24, 2.45) is 0 Å². The van der Waals surface area contributed by atoms with Gasteiger partial charge in [-0.1, -0.05) is 23.9 Å². The van der Waals surface area contributed by atoms with Gasteiger partial charge in [-0.15, -0.1) is 0 Å². The van der Waals surface area contributed by atoms with Crippen LogP contribution in [0.4, 0.5) is 5.82 Å². The molecular weight excluding hydrogens is 506 g/mol. The van der Waals surface area contributed by atoms with Crippen molar-refractivity contribution in [1.29, 1.82) is 0 Å². The molecule has 0 amide bonds. The molecule has 2 N–H and O–H groups in total. The highest BCUT2D eigenvalue weighted by Crippen LogP contribution is 2.51. The molecule has 0 radical (unpaired) electrons. The van der Waals surface area contributed by atoms with E-state index in [0.29, 0.717) is 11.3 Å². The number of methoxy groups -OCH3 is 1. The first-order valence-electron chi connectivity index (χ1n) is 10.4. The maximum absolute atomic E-state index is 6.16. The lowest BCUT2D eigenvalue weighted by atomic mass is 9.96. The van der Waals surface area contributed by atoms with Crippen LogP contribution in [0.3, 0.4) is 0 Å². The van der Waals surface area contributed by atoms with Crippen LogP contribution >= 0.6 is 27.7 Å². The second-order valence-corrected chi connectivity index (χ2v) is 10.0. The molecule has 0 unspecified atom stereocenters. The summed E-state index contributed by atoms with van der Waals surface area (Å²) in [6.45, 7) is 0.974. The van der Waals surface area contributed by atoms with Gasteiger partial charge in [0.2, 0.25) is 6.79 Å². The Labute approximate surface area is 202 Å². The van der Waals surface area contributed by atoms with E-state index in [-0.39, 0.29) is 12.2 Å². The lowest BCUT2D eigenvalue weighted by molar-refractivity contribution is 0.174. The van der Waals surface area contributed by atoms with Crippen molar-refractivity contribution in [2.45, 2.75) is 34.9 Å². The average Bonchev–Trinajstić information content (AvgIpc) is 3.34. The fourth-order valence-electron chi connectivity index (χ4n) is 4.17. The summed E-state index contributed by atoms with van der Waals surface area (Å²) in [6, 6.07) is 12.2. The van der Waals surface area contributed by atoms with Gasteiger partial charge < -0.3 is 24.5 Å². The van der Waals surface area contributed by atoms with E-state index in [1.165, 1.54) is 23.7 Å². The second kappa shape index (κ2) is 7.81. The van der Waals surface area contributed by atoms with Crippen molar-refractivity contribution < 1.29 is 14.2 Å². The maximum Gasteiger partial charge on any atom is 0.231 e. The first kappa shape index (κ1) is 20.6. The molecule has 168 valence electrons. The molecule has 1 aliphatic carbocycles. The number of nitrogens with two attached hydrogens (primary N) is 1. The summed E-state index contributed by atoms with van der Waals surface area (Å²) >= 11 is 5.19. The van der Waals surface area contributed by atoms with Gasteiger partial charge in [-0.05, 0) is 58.6 Å². The third kappa shape index (κ3) is 3.57. The number of nitrogens with zero attached hydrogens (tertiary/aromatic N) is 4. The van der Waals surface area contributed by atoms with Crippen LogP contribution in [0.5, 0.6) is 17.2 Å². The van der Waals surface area contributed by atoms with Gasteiger partial charge in [-0.3, -0.25) is 0 Å². The largest absolute Gasteiger partial charge is 0.497 e. The fourth-order valence-corrected chi connectivity index (χ4v) is 5.65. The minimum absolute atomic E-state index is 0.0288. The number of aromatic nitrogens is 4. The topological polar surface area (TPSA) is 97.3 Å². The minimum Gasteiger partial charge on any atom is -0.497 e. The molecule has 0 spiro atoms. The van der Waals surface area contributed by atoms with Gasteiger partial charge in [0.15, 0.2) is 33.6 Å². The van der Waals surface area contributed by atoms with Crippen molar-refractivity contribution in [3.8, 4) is 17.2 Å². The average molecular weight is 526 g/mol. The van der Waals surface area contributed by atoms with Gasteiger partial charge in [-0.25, -0.2) is 15.0 Å². The summed E-state index contributed by atoms with van der Waals surface area (Å²) in [5, 5.41) is 0.802.